The summed E-state index contributed by atoms with van der Waals surface area (Å²) in [6.07, 6.45) is 6.63. The summed E-state index contributed by atoms with van der Waals surface area (Å²) in [5.74, 6) is 1.69. The molecule has 1 saturated carbocycles. The summed E-state index contributed by atoms with van der Waals surface area (Å²) in [5, 5.41) is 7.15. The number of aromatic nitrogens is 1. The molecule has 0 bridgehead atoms. The predicted octanol–water partition coefficient (Wildman–Crippen LogP) is 4.50. The van der Waals surface area contributed by atoms with Crippen LogP contribution in [0.25, 0.3) is 0 Å². The average Bonchev–Trinajstić information content (AvgIpc) is 3.03. The van der Waals surface area contributed by atoms with Gasteiger partial charge in [0.1, 0.15) is 0 Å². The van der Waals surface area contributed by atoms with Crippen molar-refractivity contribution in [2.45, 2.75) is 64.8 Å². The van der Waals surface area contributed by atoms with Crippen LogP contribution in [0.4, 0.5) is 0 Å². The first-order valence-electron chi connectivity index (χ1n) is 7.43. The Bertz CT molecular complexity index is 361. The van der Waals surface area contributed by atoms with Gasteiger partial charge in [-0.1, -0.05) is 20.3 Å². The fourth-order valence-electron chi connectivity index (χ4n) is 2.82. The maximum atomic E-state index is 4.87. The molecule has 1 aromatic heterocycles. The van der Waals surface area contributed by atoms with E-state index in [1.54, 1.807) is 0 Å². The highest BCUT2D eigenvalue weighted by molar-refractivity contribution is 7.09. The van der Waals surface area contributed by atoms with Crippen molar-refractivity contribution >= 4 is 11.3 Å². The van der Waals surface area contributed by atoms with Gasteiger partial charge in [-0.05, 0) is 45.1 Å². The molecular formula is C15H26N2S. The van der Waals surface area contributed by atoms with Crippen LogP contribution in [0.2, 0.25) is 0 Å². The van der Waals surface area contributed by atoms with Crippen LogP contribution in [0.5, 0.6) is 0 Å². The van der Waals surface area contributed by atoms with Gasteiger partial charge in [-0.2, -0.15) is 0 Å². The Morgan fingerprint density at radius 1 is 1.44 bits per heavy atom. The predicted molar refractivity (Wildman–Crippen MR) is 79.2 cm³/mol. The van der Waals surface area contributed by atoms with E-state index in [-0.39, 0.29) is 0 Å². The molecule has 0 amide bonds. The van der Waals surface area contributed by atoms with Crippen LogP contribution in [0, 0.1) is 5.92 Å². The Morgan fingerprint density at radius 3 is 2.94 bits per heavy atom. The summed E-state index contributed by atoms with van der Waals surface area (Å²) in [5.41, 5.74) is 1.24. The summed E-state index contributed by atoms with van der Waals surface area (Å²) >= 11 is 1.87. The molecule has 0 aromatic carbocycles. The largest absolute Gasteiger partial charge is 0.309 e. The summed E-state index contributed by atoms with van der Waals surface area (Å²) in [6, 6.07) is 0.401. The van der Waals surface area contributed by atoms with Crippen LogP contribution in [0.3, 0.4) is 0 Å². The van der Waals surface area contributed by atoms with E-state index in [1.165, 1.54) is 42.8 Å². The molecule has 2 rings (SSSR count). The average molecular weight is 266 g/mol. The number of nitrogens with one attached hydrogen (secondary N) is 1. The highest BCUT2D eigenvalue weighted by atomic mass is 32.1. The molecular weight excluding hydrogens is 240 g/mol. The molecule has 1 aliphatic rings. The molecule has 1 aromatic rings. The number of rotatable bonds is 6. The molecule has 3 atom stereocenters. The zero-order chi connectivity index (χ0) is 13.0. The van der Waals surface area contributed by atoms with Crippen LogP contribution in [0.1, 0.15) is 75.5 Å². The third-order valence-corrected chi connectivity index (χ3v) is 5.18. The van der Waals surface area contributed by atoms with Gasteiger partial charge in [-0.3, -0.25) is 0 Å². The smallest absolute Gasteiger partial charge is 0.0960 e. The standard InChI is InChI=1S/C15H26N2S/c1-4-8-16-11(3)14-10-18-15(17-14)13-7-6-12(5-2)9-13/h10-13,16H,4-9H2,1-3H3. The van der Waals surface area contributed by atoms with E-state index in [0.717, 1.165) is 18.4 Å². The van der Waals surface area contributed by atoms with Gasteiger partial charge in [0, 0.05) is 17.3 Å². The first kappa shape index (κ1) is 14.0. The highest BCUT2D eigenvalue weighted by Crippen LogP contribution is 2.40. The molecule has 0 aliphatic heterocycles. The zero-order valence-electron chi connectivity index (χ0n) is 11.9. The number of hydrogen-bond acceptors (Lipinski definition) is 3. The minimum absolute atomic E-state index is 0.401. The maximum Gasteiger partial charge on any atom is 0.0960 e. The lowest BCUT2D eigenvalue weighted by Crippen LogP contribution is -2.19. The minimum atomic E-state index is 0.401. The topological polar surface area (TPSA) is 24.9 Å². The molecule has 102 valence electrons. The normalized spacial score (nSPS) is 25.5. The summed E-state index contributed by atoms with van der Waals surface area (Å²) in [7, 11) is 0. The van der Waals surface area contributed by atoms with Crippen molar-refractivity contribution in [3.05, 3.63) is 16.1 Å². The lowest BCUT2D eigenvalue weighted by Gasteiger charge is -2.10. The molecule has 18 heavy (non-hydrogen) atoms. The van der Waals surface area contributed by atoms with E-state index in [2.05, 4.69) is 31.5 Å². The Labute approximate surface area is 115 Å². The summed E-state index contributed by atoms with van der Waals surface area (Å²) in [6.45, 7) is 7.82. The molecule has 3 heteroatoms. The monoisotopic (exact) mass is 266 g/mol. The van der Waals surface area contributed by atoms with Gasteiger partial charge < -0.3 is 5.32 Å². The lowest BCUT2D eigenvalue weighted by molar-refractivity contribution is 0.519. The second-order valence-corrected chi connectivity index (χ2v) is 6.46. The van der Waals surface area contributed by atoms with Crippen LogP contribution in [-0.2, 0) is 0 Å². The van der Waals surface area contributed by atoms with E-state index in [9.17, 15) is 0 Å². The zero-order valence-corrected chi connectivity index (χ0v) is 12.7. The van der Waals surface area contributed by atoms with Gasteiger partial charge in [0.15, 0.2) is 0 Å². The molecule has 1 heterocycles. The molecule has 1 aliphatic carbocycles. The molecule has 3 unspecified atom stereocenters. The SMILES string of the molecule is CCCNC(C)c1csc(C2CCC(CC)C2)n1. The van der Waals surface area contributed by atoms with Crippen molar-refractivity contribution in [1.82, 2.24) is 10.3 Å². The molecule has 0 radical (unpaired) electrons. The Kier molecular flexibility index (Phi) is 5.19. The summed E-state index contributed by atoms with van der Waals surface area (Å²) in [4.78, 5) is 4.87. The quantitative estimate of drug-likeness (QED) is 0.820. The maximum absolute atomic E-state index is 4.87. The van der Waals surface area contributed by atoms with Crippen molar-refractivity contribution in [3.8, 4) is 0 Å². The van der Waals surface area contributed by atoms with Gasteiger partial charge in [0.2, 0.25) is 0 Å². The van der Waals surface area contributed by atoms with E-state index >= 15 is 0 Å². The second kappa shape index (κ2) is 6.67. The molecule has 0 saturated heterocycles. The van der Waals surface area contributed by atoms with Crippen LogP contribution >= 0.6 is 11.3 Å². The Morgan fingerprint density at radius 2 is 2.28 bits per heavy atom. The van der Waals surface area contributed by atoms with Crippen LogP contribution in [-0.4, -0.2) is 11.5 Å². The molecule has 2 nitrogen and oxygen atoms in total. The molecule has 0 spiro atoms. The minimum Gasteiger partial charge on any atom is -0.309 e. The van der Waals surface area contributed by atoms with Gasteiger partial charge in [-0.15, -0.1) is 11.3 Å². The van der Waals surface area contributed by atoms with Gasteiger partial charge >= 0.3 is 0 Å². The first-order chi connectivity index (χ1) is 8.74. The second-order valence-electron chi connectivity index (χ2n) is 5.57. The van der Waals surface area contributed by atoms with E-state index in [0.29, 0.717) is 6.04 Å². The Hall–Kier alpha value is -0.410. The van der Waals surface area contributed by atoms with Crippen LogP contribution in [0.15, 0.2) is 5.38 Å². The Balaban J connectivity index is 1.93. The van der Waals surface area contributed by atoms with Crippen LogP contribution < -0.4 is 5.32 Å². The fraction of sp³-hybridized carbons (Fsp3) is 0.800. The van der Waals surface area contributed by atoms with E-state index < -0.39 is 0 Å². The van der Waals surface area contributed by atoms with Crippen molar-refractivity contribution in [1.29, 1.82) is 0 Å². The third kappa shape index (κ3) is 3.33. The number of hydrogen-bond donors (Lipinski definition) is 1. The fourth-order valence-corrected chi connectivity index (χ4v) is 3.89. The highest BCUT2D eigenvalue weighted by Gasteiger charge is 2.27. The van der Waals surface area contributed by atoms with E-state index in [4.69, 9.17) is 4.98 Å². The van der Waals surface area contributed by atoms with E-state index in [1.807, 2.05) is 11.3 Å². The van der Waals surface area contributed by atoms with Crippen molar-refractivity contribution in [3.63, 3.8) is 0 Å². The molecule has 1 fully saturated rings. The first-order valence-corrected chi connectivity index (χ1v) is 8.31. The summed E-state index contributed by atoms with van der Waals surface area (Å²) < 4.78 is 0. The number of thiazole rings is 1. The van der Waals surface area contributed by atoms with Gasteiger partial charge in [-0.25, -0.2) is 4.98 Å². The molecule has 1 N–H and O–H groups in total. The lowest BCUT2D eigenvalue weighted by atomic mass is 10.0. The van der Waals surface area contributed by atoms with Gasteiger partial charge in [0.25, 0.3) is 0 Å². The number of nitrogens with zero attached hydrogens (tertiary/aromatic N) is 1. The van der Waals surface area contributed by atoms with Crippen molar-refractivity contribution in [2.75, 3.05) is 6.54 Å². The van der Waals surface area contributed by atoms with Crippen molar-refractivity contribution in [2.24, 2.45) is 5.92 Å². The van der Waals surface area contributed by atoms with Gasteiger partial charge in [0.05, 0.1) is 10.7 Å². The third-order valence-electron chi connectivity index (χ3n) is 4.15. The van der Waals surface area contributed by atoms with Crippen molar-refractivity contribution < 1.29 is 0 Å².